The summed E-state index contributed by atoms with van der Waals surface area (Å²) in [5.41, 5.74) is 1.07. The predicted molar refractivity (Wildman–Crippen MR) is 76.1 cm³/mol. The highest BCUT2D eigenvalue weighted by Crippen LogP contribution is 2.32. The lowest BCUT2D eigenvalue weighted by Gasteiger charge is -2.17. The Hall–Kier alpha value is -0.680. The van der Waals surface area contributed by atoms with Gasteiger partial charge in [0.25, 0.3) is 0 Å². The van der Waals surface area contributed by atoms with Gasteiger partial charge in [-0.2, -0.15) is 0 Å². The van der Waals surface area contributed by atoms with E-state index in [1.165, 1.54) is 17.5 Å². The Kier molecular flexibility index (Phi) is 3.29. The smallest absolute Gasteiger partial charge is 0.150 e. The lowest BCUT2D eigenvalue weighted by Crippen LogP contribution is -2.21. The zero-order chi connectivity index (χ0) is 11.7. The van der Waals surface area contributed by atoms with Gasteiger partial charge in [-0.05, 0) is 30.2 Å². The van der Waals surface area contributed by atoms with E-state index < -0.39 is 0 Å². The Labute approximate surface area is 113 Å². The minimum Gasteiger partial charge on any atom is -0.355 e. The molecule has 2 aromatic heterocycles. The van der Waals surface area contributed by atoms with Crippen molar-refractivity contribution in [3.63, 3.8) is 0 Å². The topological polar surface area (TPSA) is 29.0 Å². The Bertz CT molecular complexity index is 513. The zero-order valence-electron chi connectivity index (χ0n) is 9.47. The van der Waals surface area contributed by atoms with Gasteiger partial charge in [-0.3, -0.25) is 0 Å². The highest BCUT2D eigenvalue weighted by atomic mass is 79.9. The van der Waals surface area contributed by atoms with Crippen molar-refractivity contribution in [1.82, 2.24) is 9.97 Å². The van der Waals surface area contributed by atoms with Gasteiger partial charge in [0.05, 0.1) is 10.2 Å². The van der Waals surface area contributed by atoms with Crippen LogP contribution in [0.4, 0.5) is 5.82 Å². The van der Waals surface area contributed by atoms with Crippen LogP contribution >= 0.6 is 27.3 Å². The van der Waals surface area contributed by atoms with Crippen LogP contribution in [-0.4, -0.2) is 28.4 Å². The number of aromatic nitrogens is 2. The third-order valence-corrected chi connectivity index (χ3v) is 4.68. The maximum absolute atomic E-state index is 4.47. The van der Waals surface area contributed by atoms with E-state index in [2.05, 4.69) is 42.2 Å². The van der Waals surface area contributed by atoms with E-state index in [0.29, 0.717) is 0 Å². The molecule has 0 spiro atoms. The lowest BCUT2D eigenvalue weighted by atomic mass is 10.1. The molecule has 1 aliphatic heterocycles. The van der Waals surface area contributed by atoms with Crippen LogP contribution in [0.15, 0.2) is 17.8 Å². The summed E-state index contributed by atoms with van der Waals surface area (Å²) in [5.74, 6) is 1.93. The van der Waals surface area contributed by atoms with Crippen LogP contribution in [0.5, 0.6) is 0 Å². The lowest BCUT2D eigenvalue weighted by molar-refractivity contribution is 0.575. The van der Waals surface area contributed by atoms with Crippen molar-refractivity contribution in [3.05, 3.63) is 17.8 Å². The number of hydrogen-bond donors (Lipinski definition) is 0. The van der Waals surface area contributed by atoms with Gasteiger partial charge in [0.15, 0.2) is 0 Å². The molecule has 3 nitrogen and oxygen atoms in total. The summed E-state index contributed by atoms with van der Waals surface area (Å²) in [4.78, 5) is 11.2. The first kappa shape index (κ1) is 11.4. The van der Waals surface area contributed by atoms with Crippen LogP contribution in [-0.2, 0) is 0 Å². The largest absolute Gasteiger partial charge is 0.355 e. The zero-order valence-corrected chi connectivity index (χ0v) is 11.9. The van der Waals surface area contributed by atoms with E-state index in [1.807, 2.05) is 0 Å². The number of rotatable bonds is 3. The standard InChI is InChI=1S/C12H14BrN3S/c13-4-1-9-2-5-16(7-9)12-11-10(3-6-17-11)14-8-15-12/h3,6,8-9H,1-2,4-5,7H2. The first-order chi connectivity index (χ1) is 8.38. The average Bonchev–Trinajstić information content (AvgIpc) is 2.96. The summed E-state index contributed by atoms with van der Waals surface area (Å²) in [7, 11) is 0. The third-order valence-electron chi connectivity index (χ3n) is 3.33. The van der Waals surface area contributed by atoms with Crippen LogP contribution in [0.3, 0.4) is 0 Å². The number of hydrogen-bond acceptors (Lipinski definition) is 4. The fourth-order valence-electron chi connectivity index (χ4n) is 2.42. The molecular weight excluding hydrogens is 298 g/mol. The second-order valence-corrected chi connectivity index (χ2v) is 6.12. The number of anilines is 1. The molecule has 0 bridgehead atoms. The van der Waals surface area contributed by atoms with Crippen molar-refractivity contribution >= 4 is 43.3 Å². The number of fused-ring (bicyclic) bond motifs is 1. The fourth-order valence-corrected chi connectivity index (χ4v) is 3.93. The molecule has 17 heavy (non-hydrogen) atoms. The van der Waals surface area contributed by atoms with Gasteiger partial charge >= 0.3 is 0 Å². The number of halogens is 1. The molecule has 0 radical (unpaired) electrons. The van der Waals surface area contributed by atoms with Crippen molar-refractivity contribution in [1.29, 1.82) is 0 Å². The molecule has 1 aliphatic rings. The van der Waals surface area contributed by atoms with Crippen LogP contribution in [0.25, 0.3) is 10.2 Å². The van der Waals surface area contributed by atoms with Gasteiger partial charge in [0.1, 0.15) is 12.1 Å². The summed E-state index contributed by atoms with van der Waals surface area (Å²) in [6.45, 7) is 2.26. The second kappa shape index (κ2) is 4.90. The van der Waals surface area contributed by atoms with Gasteiger partial charge < -0.3 is 4.90 Å². The first-order valence-corrected chi connectivity index (χ1v) is 7.87. The molecule has 0 saturated carbocycles. The number of alkyl halides is 1. The summed E-state index contributed by atoms with van der Waals surface area (Å²) in [6.07, 6.45) is 4.22. The van der Waals surface area contributed by atoms with E-state index in [0.717, 1.165) is 35.7 Å². The Morgan fingerprint density at radius 2 is 2.41 bits per heavy atom. The minimum absolute atomic E-state index is 0.805. The summed E-state index contributed by atoms with van der Waals surface area (Å²) in [5, 5.41) is 3.19. The predicted octanol–water partition coefficient (Wildman–Crippen LogP) is 3.30. The molecule has 0 N–H and O–H groups in total. The van der Waals surface area contributed by atoms with Gasteiger partial charge in [-0.15, -0.1) is 11.3 Å². The normalized spacial score (nSPS) is 20.3. The third kappa shape index (κ3) is 2.18. The molecule has 1 atom stereocenters. The molecule has 1 unspecified atom stereocenters. The fraction of sp³-hybridized carbons (Fsp3) is 0.500. The summed E-state index contributed by atoms with van der Waals surface area (Å²) in [6, 6.07) is 2.07. The van der Waals surface area contributed by atoms with Crippen LogP contribution in [0, 0.1) is 5.92 Å². The monoisotopic (exact) mass is 311 g/mol. The van der Waals surface area contributed by atoms with E-state index in [1.54, 1.807) is 17.7 Å². The molecule has 3 rings (SSSR count). The molecule has 3 heterocycles. The van der Waals surface area contributed by atoms with E-state index >= 15 is 0 Å². The van der Waals surface area contributed by atoms with Crippen molar-refractivity contribution in [2.75, 3.05) is 23.3 Å². The SMILES string of the molecule is BrCCC1CCN(c2ncnc3ccsc23)C1. The van der Waals surface area contributed by atoms with Crippen molar-refractivity contribution in [2.24, 2.45) is 5.92 Å². The van der Waals surface area contributed by atoms with E-state index in [4.69, 9.17) is 0 Å². The highest BCUT2D eigenvalue weighted by Gasteiger charge is 2.24. The maximum Gasteiger partial charge on any atom is 0.150 e. The van der Waals surface area contributed by atoms with Gasteiger partial charge in [0.2, 0.25) is 0 Å². The van der Waals surface area contributed by atoms with Crippen molar-refractivity contribution < 1.29 is 0 Å². The molecule has 0 aliphatic carbocycles. The van der Waals surface area contributed by atoms with Gasteiger partial charge in [0, 0.05) is 18.4 Å². The average molecular weight is 312 g/mol. The Balaban J connectivity index is 1.87. The van der Waals surface area contributed by atoms with E-state index in [9.17, 15) is 0 Å². The summed E-state index contributed by atoms with van der Waals surface area (Å²) < 4.78 is 1.23. The molecular formula is C12H14BrN3S. The Morgan fingerprint density at radius 3 is 3.29 bits per heavy atom. The molecule has 1 fully saturated rings. The van der Waals surface area contributed by atoms with Gasteiger partial charge in [-0.1, -0.05) is 15.9 Å². The molecule has 1 saturated heterocycles. The van der Waals surface area contributed by atoms with Crippen LogP contribution in [0.1, 0.15) is 12.8 Å². The second-order valence-electron chi connectivity index (χ2n) is 4.41. The molecule has 0 aromatic carbocycles. The molecule has 0 amide bonds. The van der Waals surface area contributed by atoms with Crippen LogP contribution < -0.4 is 4.90 Å². The van der Waals surface area contributed by atoms with Crippen molar-refractivity contribution in [2.45, 2.75) is 12.8 Å². The summed E-state index contributed by atoms with van der Waals surface area (Å²) >= 11 is 5.27. The van der Waals surface area contributed by atoms with Gasteiger partial charge in [-0.25, -0.2) is 9.97 Å². The van der Waals surface area contributed by atoms with E-state index in [-0.39, 0.29) is 0 Å². The molecule has 5 heteroatoms. The molecule has 2 aromatic rings. The maximum atomic E-state index is 4.47. The quantitative estimate of drug-likeness (QED) is 0.814. The van der Waals surface area contributed by atoms with Crippen LogP contribution in [0.2, 0.25) is 0 Å². The first-order valence-electron chi connectivity index (χ1n) is 5.87. The minimum atomic E-state index is 0.805. The number of thiophene rings is 1. The number of nitrogens with zero attached hydrogens (tertiary/aromatic N) is 3. The Morgan fingerprint density at radius 1 is 1.47 bits per heavy atom. The molecule has 90 valence electrons. The van der Waals surface area contributed by atoms with Crippen molar-refractivity contribution in [3.8, 4) is 0 Å². The highest BCUT2D eigenvalue weighted by molar-refractivity contribution is 9.09.